The first kappa shape index (κ1) is 26.7. The Balaban J connectivity index is 1.32. The summed E-state index contributed by atoms with van der Waals surface area (Å²) in [6.07, 6.45) is 0. The molecule has 0 heterocycles. The molecule has 218 valence electrons. The maximum absolute atomic E-state index is 2.47. The Morgan fingerprint density at radius 3 is 1.87 bits per heavy atom. The Bertz CT molecular complexity index is 2440. The molecule has 9 rings (SSSR count). The van der Waals surface area contributed by atoms with E-state index in [4.69, 9.17) is 0 Å². The van der Waals surface area contributed by atoms with Crippen molar-refractivity contribution in [2.24, 2.45) is 0 Å². The maximum atomic E-state index is 2.47. The van der Waals surface area contributed by atoms with Crippen LogP contribution in [0.3, 0.4) is 0 Å². The van der Waals surface area contributed by atoms with Crippen LogP contribution in [0.2, 0.25) is 0 Å². The molecule has 0 saturated carbocycles. The quantitative estimate of drug-likeness (QED) is 0.198. The molecule has 0 aliphatic heterocycles. The average Bonchev–Trinajstić information content (AvgIpc) is 3.35. The van der Waals surface area contributed by atoms with Gasteiger partial charge in [0.15, 0.2) is 0 Å². The normalized spacial score (nSPS) is 13.2. The summed E-state index contributed by atoms with van der Waals surface area (Å²) in [4.78, 5) is 2.47. The molecule has 0 aromatic heterocycles. The molecule has 0 bridgehead atoms. The number of hydrogen-bond donors (Lipinski definition) is 0. The summed E-state index contributed by atoms with van der Waals surface area (Å²) in [7, 11) is 0. The van der Waals surface area contributed by atoms with Crippen LogP contribution in [0.1, 0.15) is 25.0 Å². The minimum Gasteiger partial charge on any atom is -0.310 e. The molecular formula is C45H33N. The van der Waals surface area contributed by atoms with E-state index in [0.717, 1.165) is 11.4 Å². The summed E-state index contributed by atoms with van der Waals surface area (Å²) in [6, 6.07) is 60.2. The van der Waals surface area contributed by atoms with Crippen LogP contribution in [0.15, 0.2) is 164 Å². The van der Waals surface area contributed by atoms with Gasteiger partial charge in [0.2, 0.25) is 0 Å². The molecule has 1 aliphatic rings. The highest BCUT2D eigenvalue weighted by atomic mass is 15.1. The second kappa shape index (κ2) is 10.2. The van der Waals surface area contributed by atoms with Crippen LogP contribution in [0.25, 0.3) is 54.6 Å². The summed E-state index contributed by atoms with van der Waals surface area (Å²) >= 11 is 0. The number of anilines is 3. The summed E-state index contributed by atoms with van der Waals surface area (Å²) in [5.41, 5.74) is 11.3. The Hall–Kier alpha value is -5.66. The fourth-order valence-corrected chi connectivity index (χ4v) is 7.82. The Kier molecular flexibility index (Phi) is 5.92. The highest BCUT2D eigenvalue weighted by Crippen LogP contribution is 2.56. The van der Waals surface area contributed by atoms with Gasteiger partial charge in [-0.25, -0.2) is 0 Å². The van der Waals surface area contributed by atoms with Gasteiger partial charge in [-0.2, -0.15) is 0 Å². The van der Waals surface area contributed by atoms with Crippen molar-refractivity contribution in [3.8, 4) is 22.3 Å². The predicted molar refractivity (Wildman–Crippen MR) is 197 cm³/mol. The zero-order valence-corrected chi connectivity index (χ0v) is 26.0. The summed E-state index contributed by atoms with van der Waals surface area (Å²) in [5, 5.41) is 7.59. The number of hydrogen-bond acceptors (Lipinski definition) is 1. The van der Waals surface area contributed by atoms with Crippen LogP contribution < -0.4 is 4.90 Å². The first-order valence-electron chi connectivity index (χ1n) is 16.1. The first-order valence-corrected chi connectivity index (χ1v) is 16.1. The highest BCUT2D eigenvalue weighted by molar-refractivity contribution is 6.06. The Labute approximate surface area is 270 Å². The lowest BCUT2D eigenvalue weighted by Gasteiger charge is -2.30. The topological polar surface area (TPSA) is 3.24 Å². The predicted octanol–water partition coefficient (Wildman–Crippen LogP) is 12.6. The number of nitrogens with zero attached hydrogens (tertiary/aromatic N) is 1. The molecule has 0 N–H and O–H groups in total. The summed E-state index contributed by atoms with van der Waals surface area (Å²) in [6.45, 7) is 4.76. The zero-order valence-electron chi connectivity index (χ0n) is 26.0. The van der Waals surface area contributed by atoms with Gasteiger partial charge < -0.3 is 4.90 Å². The second-order valence-electron chi connectivity index (χ2n) is 13.0. The molecule has 0 spiro atoms. The van der Waals surface area contributed by atoms with Gasteiger partial charge in [0.1, 0.15) is 0 Å². The standard InChI is InChI=1S/C45H33N/c1-45(2)41-21-10-9-19-40(41)43-42(29-34-15-6-8-18-39(34)44(43)45)46(36-27-22-30-12-3-4-14-33(30)28-36)35-25-23-32(24-26-35)38-20-11-16-31-13-5-7-17-37(31)38/h3-29H,1-2H3. The van der Waals surface area contributed by atoms with E-state index in [0.29, 0.717) is 0 Å². The Morgan fingerprint density at radius 1 is 0.435 bits per heavy atom. The minimum absolute atomic E-state index is 0.130. The smallest absolute Gasteiger partial charge is 0.0549 e. The zero-order chi connectivity index (χ0) is 30.8. The lowest BCUT2D eigenvalue weighted by Crippen LogP contribution is -2.16. The molecule has 0 saturated heterocycles. The van der Waals surface area contributed by atoms with E-state index in [1.807, 2.05) is 0 Å². The molecule has 0 radical (unpaired) electrons. The van der Waals surface area contributed by atoms with Crippen LogP contribution in [0.5, 0.6) is 0 Å². The molecular weight excluding hydrogens is 555 g/mol. The van der Waals surface area contributed by atoms with Gasteiger partial charge in [-0.15, -0.1) is 0 Å². The van der Waals surface area contributed by atoms with Gasteiger partial charge in [-0.1, -0.05) is 147 Å². The molecule has 0 amide bonds. The van der Waals surface area contributed by atoms with Gasteiger partial charge in [-0.05, 0) is 90.5 Å². The molecule has 0 atom stereocenters. The lowest BCUT2D eigenvalue weighted by atomic mass is 9.80. The van der Waals surface area contributed by atoms with Gasteiger partial charge in [-0.3, -0.25) is 0 Å². The number of fused-ring (bicyclic) bond motifs is 7. The largest absolute Gasteiger partial charge is 0.310 e. The molecule has 0 fully saturated rings. The van der Waals surface area contributed by atoms with E-state index in [2.05, 4.69) is 183 Å². The monoisotopic (exact) mass is 587 g/mol. The van der Waals surface area contributed by atoms with E-state index in [1.54, 1.807) is 0 Å². The highest BCUT2D eigenvalue weighted by Gasteiger charge is 2.39. The maximum Gasteiger partial charge on any atom is 0.0549 e. The molecule has 1 nitrogen and oxygen atoms in total. The van der Waals surface area contributed by atoms with Crippen molar-refractivity contribution in [3.63, 3.8) is 0 Å². The van der Waals surface area contributed by atoms with Gasteiger partial charge in [0.25, 0.3) is 0 Å². The third kappa shape index (κ3) is 4.02. The van der Waals surface area contributed by atoms with Crippen molar-refractivity contribution in [2.45, 2.75) is 19.3 Å². The number of rotatable bonds is 4. The van der Waals surface area contributed by atoms with E-state index in [-0.39, 0.29) is 5.41 Å². The van der Waals surface area contributed by atoms with Crippen molar-refractivity contribution in [1.29, 1.82) is 0 Å². The van der Waals surface area contributed by atoms with Crippen molar-refractivity contribution < 1.29 is 0 Å². The van der Waals surface area contributed by atoms with Crippen molar-refractivity contribution in [3.05, 3.63) is 175 Å². The molecule has 0 unspecified atom stereocenters. The van der Waals surface area contributed by atoms with Crippen molar-refractivity contribution in [1.82, 2.24) is 0 Å². The molecule has 8 aromatic carbocycles. The van der Waals surface area contributed by atoms with E-state index >= 15 is 0 Å². The molecule has 8 aromatic rings. The lowest BCUT2D eigenvalue weighted by molar-refractivity contribution is 0.666. The average molecular weight is 588 g/mol. The Morgan fingerprint density at radius 2 is 1.04 bits per heavy atom. The summed E-state index contributed by atoms with van der Waals surface area (Å²) in [5.74, 6) is 0. The second-order valence-corrected chi connectivity index (χ2v) is 13.0. The molecule has 46 heavy (non-hydrogen) atoms. The van der Waals surface area contributed by atoms with Gasteiger partial charge in [0.05, 0.1) is 5.69 Å². The summed E-state index contributed by atoms with van der Waals surface area (Å²) < 4.78 is 0. The van der Waals surface area contributed by atoms with Crippen molar-refractivity contribution in [2.75, 3.05) is 4.90 Å². The van der Waals surface area contributed by atoms with E-state index in [9.17, 15) is 0 Å². The van der Waals surface area contributed by atoms with E-state index in [1.165, 1.54) is 71.4 Å². The van der Waals surface area contributed by atoms with Crippen LogP contribution >= 0.6 is 0 Å². The fourth-order valence-electron chi connectivity index (χ4n) is 7.82. The van der Waals surface area contributed by atoms with E-state index < -0.39 is 0 Å². The SMILES string of the molecule is CC1(C)c2ccccc2-c2c(N(c3ccc(-c4cccc5ccccc45)cc3)c3ccc4ccccc4c3)cc3ccccc3c21. The minimum atomic E-state index is -0.130. The van der Waals surface area contributed by atoms with Gasteiger partial charge >= 0.3 is 0 Å². The van der Waals surface area contributed by atoms with Crippen LogP contribution in [-0.4, -0.2) is 0 Å². The van der Waals surface area contributed by atoms with Crippen molar-refractivity contribution >= 4 is 49.4 Å². The fraction of sp³-hybridized carbons (Fsp3) is 0.0667. The van der Waals surface area contributed by atoms with Crippen LogP contribution in [0.4, 0.5) is 17.1 Å². The molecule has 1 heteroatoms. The third-order valence-electron chi connectivity index (χ3n) is 9.98. The van der Waals surface area contributed by atoms with Crippen LogP contribution in [-0.2, 0) is 5.41 Å². The first-order chi connectivity index (χ1) is 22.6. The number of benzene rings is 8. The van der Waals surface area contributed by atoms with Crippen LogP contribution in [0, 0.1) is 0 Å². The van der Waals surface area contributed by atoms with Gasteiger partial charge in [0, 0.05) is 22.4 Å². The third-order valence-corrected chi connectivity index (χ3v) is 9.98. The molecule has 1 aliphatic carbocycles.